The molecule has 1 spiro atoms. The number of nitrogens with zero attached hydrogens (tertiary/aromatic N) is 4. The molecular formula is C45H52F5N5O2Si. The van der Waals surface area contributed by atoms with Crippen LogP contribution < -0.4 is 15.0 Å². The van der Waals surface area contributed by atoms with Crippen molar-refractivity contribution in [2.45, 2.75) is 120 Å². The third kappa shape index (κ3) is 6.18. The van der Waals surface area contributed by atoms with E-state index < -0.39 is 42.8 Å². The van der Waals surface area contributed by atoms with E-state index in [-0.39, 0.29) is 85.0 Å². The molecule has 0 radical (unpaired) electrons. The number of piperazine rings is 1. The molecule has 5 heterocycles. The molecule has 2 bridgehead atoms. The first-order valence-corrected chi connectivity index (χ1v) is 23.1. The highest BCUT2D eigenvalue weighted by molar-refractivity contribution is 6.90. The van der Waals surface area contributed by atoms with E-state index in [1.54, 1.807) is 23.1 Å². The Morgan fingerprint density at radius 2 is 1.62 bits per heavy atom. The molecular weight excluding hydrogens is 766 g/mol. The molecule has 4 aliphatic heterocycles. The third-order valence-electron chi connectivity index (χ3n) is 14.4. The van der Waals surface area contributed by atoms with Gasteiger partial charge in [-0.3, -0.25) is 4.90 Å². The topological polar surface area (TPSA) is 73.8 Å². The molecule has 9 rings (SSSR count). The van der Waals surface area contributed by atoms with Crippen molar-refractivity contribution in [3.63, 3.8) is 0 Å². The fraction of sp³-hybridized carbons (Fsp3) is 0.556. The van der Waals surface area contributed by atoms with Gasteiger partial charge in [-0.15, -0.1) is 5.54 Å². The van der Waals surface area contributed by atoms with Gasteiger partial charge in [-0.2, -0.15) is 9.97 Å². The van der Waals surface area contributed by atoms with Crippen LogP contribution in [0.25, 0.3) is 32.8 Å². The van der Waals surface area contributed by atoms with E-state index in [0.29, 0.717) is 51.7 Å². The number of aromatic nitrogens is 2. The molecule has 0 amide bonds. The molecule has 2 N–H and O–H groups in total. The summed E-state index contributed by atoms with van der Waals surface area (Å²) in [5.41, 5.74) is 2.88. The molecule has 5 atom stereocenters. The fourth-order valence-electron chi connectivity index (χ4n) is 11.6. The predicted molar refractivity (Wildman–Crippen MR) is 220 cm³/mol. The van der Waals surface area contributed by atoms with E-state index in [2.05, 4.69) is 68.2 Å². The van der Waals surface area contributed by atoms with Gasteiger partial charge in [-0.1, -0.05) is 59.6 Å². The first-order valence-electron chi connectivity index (χ1n) is 20.9. The lowest BCUT2D eigenvalue weighted by atomic mass is 9.88. The van der Waals surface area contributed by atoms with Gasteiger partial charge in [-0.05, 0) is 71.1 Å². The van der Waals surface area contributed by atoms with Gasteiger partial charge in [-0.25, -0.2) is 22.0 Å². The van der Waals surface area contributed by atoms with Crippen molar-refractivity contribution in [2.75, 3.05) is 37.7 Å². The minimum atomic E-state index is -2.79. The van der Waals surface area contributed by atoms with Gasteiger partial charge in [0.2, 0.25) is 0 Å². The van der Waals surface area contributed by atoms with Crippen molar-refractivity contribution < 1.29 is 31.8 Å². The number of aromatic hydroxyl groups is 1. The number of hydrogen-bond acceptors (Lipinski definition) is 7. The van der Waals surface area contributed by atoms with Gasteiger partial charge in [0, 0.05) is 67.4 Å². The molecule has 4 aromatic rings. The molecule has 2 unspecified atom stereocenters. The smallest absolute Gasteiger partial charge is 0.319 e. The van der Waals surface area contributed by atoms with Crippen LogP contribution in [0.15, 0.2) is 36.4 Å². The number of ether oxygens (including phenoxy) is 1. The predicted octanol–water partition coefficient (Wildman–Crippen LogP) is 9.53. The molecule has 5 aliphatic rings. The molecule has 58 heavy (non-hydrogen) atoms. The quantitative estimate of drug-likeness (QED) is 0.104. The Bertz CT molecular complexity index is 2350. The Balaban J connectivity index is 1.18. The van der Waals surface area contributed by atoms with Crippen LogP contribution in [0.2, 0.25) is 16.6 Å². The van der Waals surface area contributed by atoms with Gasteiger partial charge < -0.3 is 20.1 Å². The van der Waals surface area contributed by atoms with E-state index in [4.69, 9.17) is 9.72 Å². The Hall–Kier alpha value is -3.99. The zero-order valence-electron chi connectivity index (χ0n) is 34.0. The number of alkyl halides is 3. The van der Waals surface area contributed by atoms with Crippen molar-refractivity contribution in [1.29, 1.82) is 0 Å². The summed E-state index contributed by atoms with van der Waals surface area (Å²) in [6.07, 6.45) is 0.781. The summed E-state index contributed by atoms with van der Waals surface area (Å²) >= 11 is 0. The van der Waals surface area contributed by atoms with Crippen molar-refractivity contribution in [1.82, 2.24) is 20.2 Å². The van der Waals surface area contributed by atoms with Crippen molar-refractivity contribution in [3.8, 4) is 34.4 Å². The minimum Gasteiger partial charge on any atom is -0.508 e. The van der Waals surface area contributed by atoms with Crippen molar-refractivity contribution in [2.24, 2.45) is 5.41 Å². The molecule has 1 aliphatic carbocycles. The molecule has 13 heteroatoms. The Kier molecular flexibility index (Phi) is 9.38. The first kappa shape index (κ1) is 39.5. The second-order valence-electron chi connectivity index (χ2n) is 18.9. The lowest BCUT2D eigenvalue weighted by Gasteiger charge is -2.38. The minimum absolute atomic E-state index is 0.0319. The second-order valence-corrected chi connectivity index (χ2v) is 24.5. The summed E-state index contributed by atoms with van der Waals surface area (Å²) in [4.78, 5) is 13.4. The van der Waals surface area contributed by atoms with Gasteiger partial charge >= 0.3 is 6.01 Å². The van der Waals surface area contributed by atoms with Crippen LogP contribution in [0.3, 0.4) is 0 Å². The van der Waals surface area contributed by atoms with Crippen molar-refractivity contribution in [3.05, 3.63) is 53.6 Å². The van der Waals surface area contributed by atoms with Crippen molar-refractivity contribution >= 4 is 35.6 Å². The maximum absolute atomic E-state index is 17.5. The summed E-state index contributed by atoms with van der Waals surface area (Å²) < 4.78 is 84.1. The van der Waals surface area contributed by atoms with Crippen LogP contribution in [0.1, 0.15) is 79.2 Å². The Morgan fingerprint density at radius 1 is 0.931 bits per heavy atom. The van der Waals surface area contributed by atoms with Crippen LogP contribution in [0, 0.1) is 28.5 Å². The number of fused-ring (bicyclic) bond motifs is 5. The highest BCUT2D eigenvalue weighted by Gasteiger charge is 2.77. The summed E-state index contributed by atoms with van der Waals surface area (Å²) in [6, 6.07) is 9.60. The number of phenols is 1. The van der Waals surface area contributed by atoms with E-state index in [1.165, 1.54) is 18.2 Å². The molecule has 5 fully saturated rings. The molecule has 7 nitrogen and oxygen atoms in total. The Labute approximate surface area is 337 Å². The zero-order valence-corrected chi connectivity index (χ0v) is 35.0. The largest absolute Gasteiger partial charge is 0.508 e. The van der Waals surface area contributed by atoms with Gasteiger partial charge in [0.05, 0.1) is 16.5 Å². The highest BCUT2D eigenvalue weighted by atomic mass is 28.3. The summed E-state index contributed by atoms with van der Waals surface area (Å²) in [7, 11) is -2.30. The normalized spacial score (nSPS) is 27.7. The maximum atomic E-state index is 17.5. The lowest BCUT2D eigenvalue weighted by Crippen LogP contribution is -2.51. The van der Waals surface area contributed by atoms with Crippen LogP contribution in [0.4, 0.5) is 27.8 Å². The molecule has 4 saturated heterocycles. The van der Waals surface area contributed by atoms with E-state index in [9.17, 15) is 18.3 Å². The van der Waals surface area contributed by atoms with E-state index >= 15 is 8.78 Å². The van der Waals surface area contributed by atoms with Crippen LogP contribution in [-0.4, -0.2) is 90.6 Å². The summed E-state index contributed by atoms with van der Waals surface area (Å²) in [6.45, 7) is 14.4. The number of halogens is 5. The maximum Gasteiger partial charge on any atom is 0.319 e. The standard InChI is InChI=1S/C45H52F5N5O2Si/c1-25(2)58(26(3)4,27(5)6)14-13-34-37(47)12-7-28-15-32(56)16-36(38(28)34)33-10-11-35-40(39(33)48)52-42(53-41(35)54-19-30-8-9-31(20-54)51-30)57-24-44-17-29(46)18-55(44)23-43(21-44)22-45(43,49)50/h7,10-12,15-16,25-27,29-31,51,56H,8-9,17-24H2,1-6H3/t29-,30?,31?,43+,44+/m1/s1. The van der Waals surface area contributed by atoms with Crippen LogP contribution in [0.5, 0.6) is 11.8 Å². The molecule has 3 aromatic carbocycles. The summed E-state index contributed by atoms with van der Waals surface area (Å²) in [5.74, 6) is -0.391. The third-order valence-corrected chi connectivity index (χ3v) is 20.7. The average Bonchev–Trinajstić information content (AvgIpc) is 3.40. The molecule has 308 valence electrons. The average molecular weight is 818 g/mol. The SMILES string of the molecule is CC(C)[Si](C#Cc1c(F)ccc2cc(O)cc(-c3ccc4c(N5CC6CCC(C5)N6)nc(OC[C@@]56C[C@@H](F)CN5C[C@@]5(CC5(F)F)C6)nc4c3F)c12)(C(C)C)C(C)C. The number of anilines is 1. The monoisotopic (exact) mass is 817 g/mol. The van der Waals surface area contributed by atoms with Gasteiger partial charge in [0.15, 0.2) is 5.82 Å². The van der Waals surface area contributed by atoms with Crippen LogP contribution in [-0.2, 0) is 0 Å². The lowest BCUT2D eigenvalue weighted by molar-refractivity contribution is 0.0634. The number of phenolic OH excluding ortho intramolecular Hbond substituents is 1. The number of benzene rings is 3. The summed E-state index contributed by atoms with van der Waals surface area (Å²) in [5, 5.41) is 16.0. The zero-order chi connectivity index (χ0) is 41.1. The second kappa shape index (κ2) is 13.8. The van der Waals surface area contributed by atoms with Gasteiger partial charge in [0.1, 0.15) is 43.8 Å². The van der Waals surface area contributed by atoms with E-state index in [1.807, 2.05) is 0 Å². The number of hydrogen-bond donors (Lipinski definition) is 2. The van der Waals surface area contributed by atoms with Crippen LogP contribution >= 0.6 is 0 Å². The first-order chi connectivity index (χ1) is 27.5. The fourth-order valence-corrected chi connectivity index (χ4v) is 16.8. The Morgan fingerprint density at radius 3 is 2.28 bits per heavy atom. The van der Waals surface area contributed by atoms with E-state index in [0.717, 1.165) is 12.8 Å². The molecule has 1 aromatic heterocycles. The highest BCUT2D eigenvalue weighted by Crippen LogP contribution is 2.69. The van der Waals surface area contributed by atoms with Gasteiger partial charge in [0.25, 0.3) is 5.92 Å². The molecule has 1 saturated carbocycles. The number of rotatable bonds is 8. The number of nitrogens with one attached hydrogen (secondary N) is 1.